The van der Waals surface area contributed by atoms with Crippen LogP contribution in [0.3, 0.4) is 0 Å². The maximum atomic E-state index is 12.9. The van der Waals surface area contributed by atoms with Gasteiger partial charge in [-0.1, -0.05) is 55.1 Å². The van der Waals surface area contributed by atoms with Crippen LogP contribution in [-0.2, 0) is 16.1 Å². The Morgan fingerprint density at radius 1 is 1.09 bits per heavy atom. The van der Waals surface area contributed by atoms with Gasteiger partial charge in [0.25, 0.3) is 0 Å². The lowest BCUT2D eigenvalue weighted by Gasteiger charge is -2.34. The number of aromatic nitrogens is 2. The highest BCUT2D eigenvalue weighted by molar-refractivity contribution is 6.09. The van der Waals surface area contributed by atoms with Crippen molar-refractivity contribution < 1.29 is 14.6 Å². The Hall–Kier alpha value is -4.42. The number of aliphatic carboxylic acids is 1. The van der Waals surface area contributed by atoms with Gasteiger partial charge in [0.05, 0.1) is 22.5 Å². The van der Waals surface area contributed by atoms with E-state index in [4.69, 9.17) is 4.74 Å². The molecule has 0 fully saturated rings. The van der Waals surface area contributed by atoms with E-state index in [0.29, 0.717) is 5.56 Å². The molecule has 0 bridgehead atoms. The standard InChI is InChI=1S/C37H41N3O3/c1-10-22(2)19-24(4)29-20-27(15-16-38-29)30-21-28-32(26-13-11-23(3)12-14-26)31(35(36(41)42)43-37(6,7)8)25(5)33-34(28)40(30)18-17-39(33)9/h10-16,19-21,35H,1-2,17-18H2,3-9H3,(H,41,42)/b24-19+. The topological polar surface area (TPSA) is 67.6 Å². The number of likely N-dealkylation sites (N-methyl/N-ethyl adjacent to an activating group) is 1. The second kappa shape index (κ2) is 11.3. The predicted molar refractivity (Wildman–Crippen MR) is 178 cm³/mol. The lowest BCUT2D eigenvalue weighted by atomic mass is 9.87. The Morgan fingerprint density at radius 2 is 1.79 bits per heavy atom. The maximum Gasteiger partial charge on any atom is 0.337 e. The molecule has 2 aromatic heterocycles. The van der Waals surface area contributed by atoms with Gasteiger partial charge in [-0.25, -0.2) is 4.79 Å². The number of carboxylic acid groups (broad SMARTS) is 1. The van der Waals surface area contributed by atoms with Gasteiger partial charge in [-0.05, 0) is 87.6 Å². The molecule has 5 rings (SSSR count). The number of hydrogen-bond acceptors (Lipinski definition) is 4. The lowest BCUT2D eigenvalue weighted by molar-refractivity contribution is -0.160. The van der Waals surface area contributed by atoms with Gasteiger partial charge in [0, 0.05) is 48.5 Å². The summed E-state index contributed by atoms with van der Waals surface area (Å²) in [5.74, 6) is -1.00. The van der Waals surface area contributed by atoms with Crippen molar-refractivity contribution in [2.45, 2.75) is 59.8 Å². The van der Waals surface area contributed by atoms with Gasteiger partial charge in [-0.3, -0.25) is 4.98 Å². The second-order valence-electron chi connectivity index (χ2n) is 12.5. The van der Waals surface area contributed by atoms with Crippen LogP contribution < -0.4 is 4.90 Å². The molecule has 4 aromatic rings. The zero-order valence-electron chi connectivity index (χ0n) is 26.3. The number of rotatable bonds is 8. The van der Waals surface area contributed by atoms with Crippen molar-refractivity contribution in [3.05, 3.63) is 102 Å². The SMILES string of the molecule is C=CC(=C)/C=C(\C)c1cc(-c2cc3c(-c4ccc(C)cc4)c(C(OC(C)(C)C)C(=O)O)c(C)c4c3n2CCN4C)ccn1. The molecule has 3 heterocycles. The maximum absolute atomic E-state index is 12.9. The minimum Gasteiger partial charge on any atom is -0.479 e. The van der Waals surface area contributed by atoms with Crippen molar-refractivity contribution in [1.82, 2.24) is 9.55 Å². The highest BCUT2D eigenvalue weighted by atomic mass is 16.5. The number of allylic oxidation sites excluding steroid dienone is 4. The summed E-state index contributed by atoms with van der Waals surface area (Å²) in [6, 6.07) is 14.7. The zero-order valence-corrected chi connectivity index (χ0v) is 26.3. The van der Waals surface area contributed by atoms with E-state index >= 15 is 0 Å². The third-order valence-electron chi connectivity index (χ3n) is 8.08. The summed E-state index contributed by atoms with van der Waals surface area (Å²) in [5.41, 5.74) is 10.9. The van der Waals surface area contributed by atoms with Gasteiger partial charge in [-0.2, -0.15) is 0 Å². The van der Waals surface area contributed by atoms with Crippen LogP contribution in [-0.4, -0.2) is 39.8 Å². The molecule has 1 aliphatic heterocycles. The number of carbonyl (C=O) groups is 1. The number of aryl methyl sites for hydroxylation is 1. The molecule has 0 radical (unpaired) electrons. The first-order valence-electron chi connectivity index (χ1n) is 14.7. The molecule has 0 spiro atoms. The zero-order chi connectivity index (χ0) is 31.2. The van der Waals surface area contributed by atoms with Crippen LogP contribution in [0.5, 0.6) is 0 Å². The van der Waals surface area contributed by atoms with E-state index in [9.17, 15) is 9.90 Å². The number of nitrogens with zero attached hydrogens (tertiary/aromatic N) is 3. The van der Waals surface area contributed by atoms with E-state index in [-0.39, 0.29) is 0 Å². The molecule has 6 heteroatoms. The molecule has 0 saturated heterocycles. The quantitative estimate of drug-likeness (QED) is 0.213. The summed E-state index contributed by atoms with van der Waals surface area (Å²) in [7, 11) is 2.08. The minimum atomic E-state index is -1.14. The molecule has 2 aromatic carbocycles. The van der Waals surface area contributed by atoms with E-state index in [2.05, 4.69) is 78.0 Å². The molecule has 43 heavy (non-hydrogen) atoms. The van der Waals surface area contributed by atoms with Gasteiger partial charge in [0.2, 0.25) is 0 Å². The Bertz CT molecular complexity index is 1780. The summed E-state index contributed by atoms with van der Waals surface area (Å²) >= 11 is 0. The summed E-state index contributed by atoms with van der Waals surface area (Å²) in [4.78, 5) is 19.8. The molecule has 6 nitrogen and oxygen atoms in total. The van der Waals surface area contributed by atoms with Crippen LogP contribution in [0.1, 0.15) is 56.2 Å². The summed E-state index contributed by atoms with van der Waals surface area (Å²) in [6.45, 7) is 21.2. The first kappa shape index (κ1) is 30.1. The molecular weight excluding hydrogens is 534 g/mol. The van der Waals surface area contributed by atoms with Crippen molar-refractivity contribution >= 4 is 28.1 Å². The van der Waals surface area contributed by atoms with Crippen LogP contribution in [0.4, 0.5) is 5.69 Å². The van der Waals surface area contributed by atoms with Gasteiger partial charge < -0.3 is 19.3 Å². The Kier molecular flexibility index (Phi) is 7.93. The first-order chi connectivity index (χ1) is 20.3. The summed E-state index contributed by atoms with van der Waals surface area (Å²) < 4.78 is 8.68. The fourth-order valence-electron chi connectivity index (χ4n) is 6.09. The monoisotopic (exact) mass is 575 g/mol. The largest absolute Gasteiger partial charge is 0.479 e. The average molecular weight is 576 g/mol. The predicted octanol–water partition coefficient (Wildman–Crippen LogP) is 8.52. The van der Waals surface area contributed by atoms with Crippen LogP contribution >= 0.6 is 0 Å². The van der Waals surface area contributed by atoms with Crippen molar-refractivity contribution in [2.75, 3.05) is 18.5 Å². The number of anilines is 1. The number of benzene rings is 2. The van der Waals surface area contributed by atoms with Crippen molar-refractivity contribution in [3.63, 3.8) is 0 Å². The molecule has 1 unspecified atom stereocenters. The molecule has 222 valence electrons. The third-order valence-corrected chi connectivity index (χ3v) is 8.08. The van der Waals surface area contributed by atoms with Gasteiger partial charge in [0.15, 0.2) is 6.10 Å². The Balaban J connectivity index is 1.87. The molecule has 0 aliphatic carbocycles. The average Bonchev–Trinajstić information content (AvgIpc) is 3.33. The van der Waals surface area contributed by atoms with Crippen LogP contribution in [0.15, 0.2) is 79.5 Å². The van der Waals surface area contributed by atoms with Crippen molar-refractivity contribution in [2.24, 2.45) is 0 Å². The van der Waals surface area contributed by atoms with E-state index in [0.717, 1.165) is 80.0 Å². The van der Waals surface area contributed by atoms with E-state index in [1.807, 2.05) is 53.0 Å². The van der Waals surface area contributed by atoms with Gasteiger partial charge >= 0.3 is 5.97 Å². The Morgan fingerprint density at radius 3 is 2.42 bits per heavy atom. The second-order valence-corrected chi connectivity index (χ2v) is 12.5. The first-order valence-corrected chi connectivity index (χ1v) is 14.7. The number of carboxylic acids is 1. The summed E-state index contributed by atoms with van der Waals surface area (Å²) in [6.07, 6.45) is 4.42. The number of ether oxygens (including phenoxy) is 1. The molecule has 0 saturated carbocycles. The van der Waals surface area contributed by atoms with Crippen LogP contribution in [0, 0.1) is 13.8 Å². The van der Waals surface area contributed by atoms with Crippen LogP contribution in [0.25, 0.3) is 38.9 Å². The normalized spacial score (nSPS) is 14.2. The molecule has 1 N–H and O–H groups in total. The van der Waals surface area contributed by atoms with Crippen molar-refractivity contribution in [1.29, 1.82) is 0 Å². The molecular formula is C37H41N3O3. The molecule has 1 aliphatic rings. The fraction of sp³-hybridized carbons (Fsp3) is 0.297. The Labute approximate surface area is 254 Å². The van der Waals surface area contributed by atoms with Gasteiger partial charge in [-0.15, -0.1) is 0 Å². The fourth-order valence-corrected chi connectivity index (χ4v) is 6.09. The lowest BCUT2D eigenvalue weighted by Crippen LogP contribution is -2.31. The van der Waals surface area contributed by atoms with Crippen molar-refractivity contribution in [3.8, 4) is 22.4 Å². The number of hydrogen-bond donors (Lipinski definition) is 1. The highest BCUT2D eigenvalue weighted by Gasteiger charge is 2.35. The van der Waals surface area contributed by atoms with E-state index in [1.54, 1.807) is 6.08 Å². The van der Waals surface area contributed by atoms with Crippen LogP contribution in [0.2, 0.25) is 0 Å². The smallest absolute Gasteiger partial charge is 0.337 e. The molecule has 1 atom stereocenters. The van der Waals surface area contributed by atoms with E-state index < -0.39 is 17.7 Å². The minimum absolute atomic E-state index is 0.662. The molecule has 0 amide bonds. The van der Waals surface area contributed by atoms with E-state index in [1.165, 1.54) is 0 Å². The van der Waals surface area contributed by atoms with Gasteiger partial charge in [0.1, 0.15) is 0 Å². The highest BCUT2D eigenvalue weighted by Crippen LogP contribution is 2.49. The summed E-state index contributed by atoms with van der Waals surface area (Å²) in [5, 5.41) is 11.6. The third kappa shape index (κ3) is 5.67. The number of pyridine rings is 1.